The van der Waals surface area contributed by atoms with Crippen molar-refractivity contribution in [2.45, 2.75) is 25.9 Å². The number of aromatic amines is 1. The molecular weight excluding hydrogens is 208 g/mol. The molecule has 0 fully saturated rings. The van der Waals surface area contributed by atoms with Crippen LogP contribution in [0.4, 0.5) is 0 Å². The van der Waals surface area contributed by atoms with Crippen LogP contribution in [0.1, 0.15) is 37.4 Å². The summed E-state index contributed by atoms with van der Waals surface area (Å²) in [5.74, 6) is 0.956. The summed E-state index contributed by atoms with van der Waals surface area (Å²) in [6.07, 6.45) is 3.60. The van der Waals surface area contributed by atoms with Gasteiger partial charge in [0, 0.05) is 23.8 Å². The number of thiazole rings is 1. The number of nitrogens with zero attached hydrogens (tertiary/aromatic N) is 2. The van der Waals surface area contributed by atoms with E-state index in [1.165, 1.54) is 0 Å². The van der Waals surface area contributed by atoms with Gasteiger partial charge in [0.1, 0.15) is 5.82 Å². The van der Waals surface area contributed by atoms with E-state index in [0.29, 0.717) is 0 Å². The SMILES string of the molecule is CC(NC(C)c1ncc[nH]1)c1cscn1. The minimum Gasteiger partial charge on any atom is -0.347 e. The van der Waals surface area contributed by atoms with Crippen LogP contribution in [0.3, 0.4) is 0 Å². The molecular formula is C10H14N4S. The quantitative estimate of drug-likeness (QED) is 0.834. The zero-order valence-electron chi connectivity index (χ0n) is 8.77. The number of hydrogen-bond acceptors (Lipinski definition) is 4. The lowest BCUT2D eigenvalue weighted by Gasteiger charge is -2.16. The molecule has 0 aliphatic heterocycles. The zero-order valence-corrected chi connectivity index (χ0v) is 9.58. The number of nitrogens with one attached hydrogen (secondary N) is 2. The molecule has 2 unspecified atom stereocenters. The summed E-state index contributed by atoms with van der Waals surface area (Å²) in [6, 6.07) is 0.452. The molecule has 0 radical (unpaired) electrons. The van der Waals surface area contributed by atoms with Gasteiger partial charge < -0.3 is 4.98 Å². The highest BCUT2D eigenvalue weighted by Crippen LogP contribution is 2.16. The molecule has 5 heteroatoms. The molecule has 2 aromatic rings. The smallest absolute Gasteiger partial charge is 0.122 e. The fourth-order valence-electron chi connectivity index (χ4n) is 1.49. The molecule has 15 heavy (non-hydrogen) atoms. The Bertz CT molecular complexity index is 343. The molecule has 0 saturated carbocycles. The summed E-state index contributed by atoms with van der Waals surface area (Å²) in [4.78, 5) is 11.6. The van der Waals surface area contributed by atoms with Crippen molar-refractivity contribution in [2.24, 2.45) is 0 Å². The summed E-state index contributed by atoms with van der Waals surface area (Å²) < 4.78 is 0. The Morgan fingerprint density at radius 3 is 2.80 bits per heavy atom. The van der Waals surface area contributed by atoms with Crippen molar-refractivity contribution in [1.82, 2.24) is 20.3 Å². The fourth-order valence-corrected chi connectivity index (χ4v) is 2.14. The van der Waals surface area contributed by atoms with Gasteiger partial charge in [-0.2, -0.15) is 0 Å². The maximum atomic E-state index is 4.28. The highest BCUT2D eigenvalue weighted by molar-refractivity contribution is 7.07. The van der Waals surface area contributed by atoms with E-state index in [1.807, 2.05) is 11.7 Å². The fraction of sp³-hybridized carbons (Fsp3) is 0.400. The molecule has 0 aliphatic rings. The average Bonchev–Trinajstić information content (AvgIpc) is 2.91. The normalized spacial score (nSPS) is 15.1. The lowest BCUT2D eigenvalue weighted by Crippen LogP contribution is -2.23. The Morgan fingerprint density at radius 2 is 2.20 bits per heavy atom. The maximum Gasteiger partial charge on any atom is 0.122 e. The van der Waals surface area contributed by atoms with Crippen LogP contribution in [0.25, 0.3) is 0 Å². The molecule has 2 rings (SSSR count). The van der Waals surface area contributed by atoms with E-state index in [9.17, 15) is 0 Å². The third-order valence-corrected chi connectivity index (χ3v) is 2.93. The molecule has 80 valence electrons. The van der Waals surface area contributed by atoms with Crippen molar-refractivity contribution in [2.75, 3.05) is 0 Å². The van der Waals surface area contributed by atoms with Gasteiger partial charge in [-0.3, -0.25) is 5.32 Å². The minimum atomic E-state index is 0.205. The van der Waals surface area contributed by atoms with Crippen LogP contribution in [0.15, 0.2) is 23.3 Å². The molecule has 2 atom stereocenters. The molecule has 2 N–H and O–H groups in total. The predicted octanol–water partition coefficient (Wildman–Crippen LogP) is 2.28. The second kappa shape index (κ2) is 4.55. The highest BCUT2D eigenvalue weighted by Gasteiger charge is 2.13. The molecule has 0 aliphatic carbocycles. The van der Waals surface area contributed by atoms with E-state index >= 15 is 0 Å². The van der Waals surface area contributed by atoms with Gasteiger partial charge in [-0.05, 0) is 13.8 Å². The van der Waals surface area contributed by atoms with Gasteiger partial charge in [-0.15, -0.1) is 11.3 Å². The van der Waals surface area contributed by atoms with Gasteiger partial charge in [-0.1, -0.05) is 0 Å². The lowest BCUT2D eigenvalue weighted by molar-refractivity contribution is 0.473. The first-order chi connectivity index (χ1) is 7.27. The molecule has 4 nitrogen and oxygen atoms in total. The first-order valence-corrected chi connectivity index (χ1v) is 5.85. The van der Waals surface area contributed by atoms with Crippen LogP contribution in [0, 0.1) is 0 Å². The largest absolute Gasteiger partial charge is 0.347 e. The third kappa shape index (κ3) is 2.43. The van der Waals surface area contributed by atoms with E-state index in [2.05, 4.69) is 39.5 Å². The van der Waals surface area contributed by atoms with Crippen molar-refractivity contribution in [3.63, 3.8) is 0 Å². The summed E-state index contributed by atoms with van der Waals surface area (Å²) >= 11 is 1.62. The van der Waals surface area contributed by atoms with E-state index in [4.69, 9.17) is 0 Å². The number of imidazole rings is 1. The second-order valence-electron chi connectivity index (χ2n) is 3.50. The van der Waals surface area contributed by atoms with E-state index in [-0.39, 0.29) is 12.1 Å². The monoisotopic (exact) mass is 222 g/mol. The molecule has 0 aromatic carbocycles. The summed E-state index contributed by atoms with van der Waals surface area (Å²) in [6.45, 7) is 4.19. The van der Waals surface area contributed by atoms with Crippen LogP contribution in [0.5, 0.6) is 0 Å². The van der Waals surface area contributed by atoms with Crippen molar-refractivity contribution < 1.29 is 0 Å². The lowest BCUT2D eigenvalue weighted by atomic mass is 10.2. The molecule has 0 bridgehead atoms. The van der Waals surface area contributed by atoms with Crippen LogP contribution in [-0.2, 0) is 0 Å². The zero-order chi connectivity index (χ0) is 10.7. The topological polar surface area (TPSA) is 53.6 Å². The van der Waals surface area contributed by atoms with E-state index < -0.39 is 0 Å². The molecule has 2 heterocycles. The van der Waals surface area contributed by atoms with Crippen LogP contribution < -0.4 is 5.32 Å². The molecule has 2 aromatic heterocycles. The van der Waals surface area contributed by atoms with Gasteiger partial charge in [0.2, 0.25) is 0 Å². The Kier molecular flexibility index (Phi) is 3.13. The van der Waals surface area contributed by atoms with Crippen molar-refractivity contribution in [1.29, 1.82) is 0 Å². The number of aromatic nitrogens is 3. The summed E-state index contributed by atoms with van der Waals surface area (Å²) in [5, 5.41) is 5.50. The number of H-pyrrole nitrogens is 1. The highest BCUT2D eigenvalue weighted by atomic mass is 32.1. The van der Waals surface area contributed by atoms with Gasteiger partial charge in [0.25, 0.3) is 0 Å². The summed E-state index contributed by atoms with van der Waals surface area (Å²) in [5.41, 5.74) is 2.93. The van der Waals surface area contributed by atoms with Gasteiger partial charge in [0.15, 0.2) is 0 Å². The van der Waals surface area contributed by atoms with E-state index in [1.54, 1.807) is 17.5 Å². The Balaban J connectivity index is 1.98. The first kappa shape index (κ1) is 10.3. The third-order valence-electron chi connectivity index (χ3n) is 2.32. The second-order valence-corrected chi connectivity index (χ2v) is 4.22. The predicted molar refractivity (Wildman–Crippen MR) is 60.7 cm³/mol. The minimum absolute atomic E-state index is 0.205. The first-order valence-electron chi connectivity index (χ1n) is 4.91. The van der Waals surface area contributed by atoms with Gasteiger partial charge >= 0.3 is 0 Å². The van der Waals surface area contributed by atoms with Gasteiger partial charge in [0.05, 0.1) is 17.2 Å². The van der Waals surface area contributed by atoms with Crippen molar-refractivity contribution in [3.8, 4) is 0 Å². The van der Waals surface area contributed by atoms with Crippen LogP contribution in [-0.4, -0.2) is 15.0 Å². The standard InChI is InChI=1S/C10H14N4S/c1-7(9-5-15-6-13-9)14-8(2)10-11-3-4-12-10/h3-8,14H,1-2H3,(H,11,12). The molecule has 0 saturated heterocycles. The Hall–Kier alpha value is -1.20. The van der Waals surface area contributed by atoms with Crippen LogP contribution >= 0.6 is 11.3 Å². The van der Waals surface area contributed by atoms with Crippen LogP contribution in [0.2, 0.25) is 0 Å². The molecule has 0 spiro atoms. The van der Waals surface area contributed by atoms with E-state index in [0.717, 1.165) is 11.5 Å². The average molecular weight is 222 g/mol. The number of hydrogen-bond donors (Lipinski definition) is 2. The Labute approximate surface area is 92.8 Å². The maximum absolute atomic E-state index is 4.28. The number of rotatable bonds is 4. The van der Waals surface area contributed by atoms with Crippen molar-refractivity contribution in [3.05, 3.63) is 34.8 Å². The van der Waals surface area contributed by atoms with Gasteiger partial charge in [-0.25, -0.2) is 9.97 Å². The Morgan fingerprint density at radius 1 is 1.33 bits per heavy atom. The van der Waals surface area contributed by atoms with Crippen molar-refractivity contribution >= 4 is 11.3 Å². The molecule has 0 amide bonds. The summed E-state index contributed by atoms with van der Waals surface area (Å²) in [7, 11) is 0.